The summed E-state index contributed by atoms with van der Waals surface area (Å²) < 4.78 is 33.9. The lowest BCUT2D eigenvalue weighted by Crippen LogP contribution is -2.50. The van der Waals surface area contributed by atoms with Crippen LogP contribution in [0.4, 0.5) is 10.5 Å². The Morgan fingerprint density at radius 3 is 2.47 bits per heavy atom. The molecule has 0 saturated carbocycles. The van der Waals surface area contributed by atoms with Crippen molar-refractivity contribution < 1.29 is 27.9 Å². The number of halogens is 1. The number of sulfonamides is 1. The second-order valence-corrected chi connectivity index (χ2v) is 12.3. The molecule has 3 atom stereocenters. The molecule has 12 heteroatoms. The first-order valence-electron chi connectivity index (χ1n) is 12.4. The Morgan fingerprint density at radius 1 is 1.21 bits per heavy atom. The lowest BCUT2D eigenvalue weighted by atomic mass is 9.99. The molecule has 38 heavy (non-hydrogen) atoms. The van der Waals surface area contributed by atoms with Crippen LogP contribution in [0.25, 0.3) is 0 Å². The van der Waals surface area contributed by atoms with E-state index in [0.717, 1.165) is 0 Å². The normalized spacial score (nSPS) is 18.9. The number of rotatable bonds is 8. The molecule has 1 aliphatic rings. The van der Waals surface area contributed by atoms with Crippen molar-refractivity contribution in [2.24, 2.45) is 5.92 Å². The van der Waals surface area contributed by atoms with Crippen LogP contribution in [0.1, 0.15) is 38.1 Å². The number of carbonyl (C=O) groups excluding carboxylic acids is 2. The molecule has 0 bridgehead atoms. The van der Waals surface area contributed by atoms with E-state index in [0.29, 0.717) is 10.7 Å². The third kappa shape index (κ3) is 6.96. The molecule has 10 nitrogen and oxygen atoms in total. The first-order chi connectivity index (χ1) is 17.8. The zero-order valence-electron chi connectivity index (χ0n) is 22.1. The van der Waals surface area contributed by atoms with Gasteiger partial charge in [0.1, 0.15) is 11.9 Å². The number of hydrogen-bond acceptors (Lipinski definition) is 6. The van der Waals surface area contributed by atoms with Crippen molar-refractivity contribution in [1.82, 2.24) is 14.5 Å². The van der Waals surface area contributed by atoms with Gasteiger partial charge in [0.05, 0.1) is 29.7 Å². The Labute approximate surface area is 229 Å². The van der Waals surface area contributed by atoms with E-state index in [9.17, 15) is 23.1 Å². The lowest BCUT2D eigenvalue weighted by Gasteiger charge is -2.38. The molecule has 1 heterocycles. The fraction of sp³-hybridized carbons (Fsp3) is 0.462. The maximum atomic E-state index is 13.5. The van der Waals surface area contributed by atoms with Gasteiger partial charge in [-0.1, -0.05) is 18.5 Å². The predicted octanol–water partition coefficient (Wildman–Crippen LogP) is 3.41. The summed E-state index contributed by atoms with van der Waals surface area (Å²) in [6.07, 6.45) is -0.620. The molecule has 0 spiro atoms. The number of ether oxygens (including phenoxy) is 1. The molecule has 0 fully saturated rings. The van der Waals surface area contributed by atoms with Crippen LogP contribution in [-0.2, 0) is 10.0 Å². The van der Waals surface area contributed by atoms with Gasteiger partial charge in [-0.3, -0.25) is 4.79 Å². The second kappa shape index (κ2) is 12.3. The van der Waals surface area contributed by atoms with Crippen LogP contribution < -0.4 is 15.4 Å². The fourth-order valence-corrected chi connectivity index (χ4v) is 5.39. The average Bonchev–Trinajstić information content (AvgIpc) is 2.85. The van der Waals surface area contributed by atoms with Gasteiger partial charge in [0.15, 0.2) is 0 Å². The van der Waals surface area contributed by atoms with Crippen molar-refractivity contribution in [3.8, 4) is 5.75 Å². The molecule has 0 saturated heterocycles. The second-order valence-electron chi connectivity index (χ2n) is 9.83. The Kier molecular flexibility index (Phi) is 9.64. The number of amides is 3. The molecule has 0 aromatic heterocycles. The molecule has 3 N–H and O–H groups in total. The molecule has 2 aromatic carbocycles. The maximum Gasteiger partial charge on any atom is 0.319 e. The van der Waals surface area contributed by atoms with E-state index in [-0.39, 0.29) is 53.8 Å². The van der Waals surface area contributed by atoms with Gasteiger partial charge in [0.2, 0.25) is 10.0 Å². The number of aliphatic hydroxyl groups excluding tert-OH is 1. The number of nitrogens with zero attached hydrogens (tertiary/aromatic N) is 2. The number of likely N-dealkylation sites (N-methyl/N-ethyl adjacent to an activating group) is 1. The first-order valence-corrected chi connectivity index (χ1v) is 14.2. The number of nitrogens with one attached hydrogen (secondary N) is 2. The topological polar surface area (TPSA) is 128 Å². The van der Waals surface area contributed by atoms with Crippen molar-refractivity contribution in [3.63, 3.8) is 0 Å². The minimum Gasteiger partial charge on any atom is -0.488 e. The molecule has 208 valence electrons. The minimum absolute atomic E-state index is 0.0118. The quantitative estimate of drug-likeness (QED) is 0.449. The van der Waals surface area contributed by atoms with Gasteiger partial charge in [-0.2, -0.15) is 4.31 Å². The van der Waals surface area contributed by atoms with Crippen LogP contribution in [0.15, 0.2) is 47.4 Å². The average molecular weight is 567 g/mol. The fourth-order valence-electron chi connectivity index (χ4n) is 4.09. The van der Waals surface area contributed by atoms with Gasteiger partial charge in [0.25, 0.3) is 5.91 Å². The van der Waals surface area contributed by atoms with Crippen LogP contribution in [-0.4, -0.2) is 79.6 Å². The Hall–Kier alpha value is -2.86. The van der Waals surface area contributed by atoms with Crippen LogP contribution >= 0.6 is 11.6 Å². The summed E-state index contributed by atoms with van der Waals surface area (Å²) in [5, 5.41) is 15.7. The van der Waals surface area contributed by atoms with E-state index in [4.69, 9.17) is 16.3 Å². The van der Waals surface area contributed by atoms with E-state index in [2.05, 4.69) is 10.6 Å². The molecule has 0 unspecified atom stereocenters. The van der Waals surface area contributed by atoms with Crippen LogP contribution in [0.2, 0.25) is 5.02 Å². The van der Waals surface area contributed by atoms with Gasteiger partial charge in [0, 0.05) is 36.3 Å². The zero-order chi connectivity index (χ0) is 28.2. The highest BCUT2D eigenvalue weighted by Crippen LogP contribution is 2.31. The third-order valence-corrected chi connectivity index (χ3v) is 8.39. The summed E-state index contributed by atoms with van der Waals surface area (Å²) in [5.41, 5.74) is 0.593. The molecule has 1 aliphatic heterocycles. The predicted molar refractivity (Wildman–Crippen MR) is 146 cm³/mol. The van der Waals surface area contributed by atoms with Gasteiger partial charge >= 0.3 is 6.03 Å². The maximum absolute atomic E-state index is 13.5. The lowest BCUT2D eigenvalue weighted by molar-refractivity contribution is 0.0387. The van der Waals surface area contributed by atoms with Crippen molar-refractivity contribution in [1.29, 1.82) is 0 Å². The molecule has 3 amide bonds. The summed E-state index contributed by atoms with van der Waals surface area (Å²) in [5.74, 6) is -0.380. The number of hydrogen-bond donors (Lipinski definition) is 3. The summed E-state index contributed by atoms with van der Waals surface area (Å²) in [7, 11) is -2.36. The first kappa shape index (κ1) is 29.7. The van der Waals surface area contributed by atoms with Crippen molar-refractivity contribution in [2.45, 2.75) is 50.8 Å². The Balaban J connectivity index is 1.94. The standard InChI is InChI=1S/C26H35ClN4O6S/c1-16(2)28-26(34)29-20-8-11-23-22(12-20)25(33)31(18(4)15-32)13-17(3)24(37-23)14-30(5)38(35,36)21-9-6-19(27)7-10-21/h6-12,16-18,24,32H,13-15H2,1-5H3,(H2,28,29,34)/t17-,18+,24-/m0/s1. The largest absolute Gasteiger partial charge is 0.488 e. The number of carbonyl (C=O) groups is 2. The molecule has 2 aromatic rings. The van der Waals surface area contributed by atoms with E-state index in [1.807, 2.05) is 20.8 Å². The highest BCUT2D eigenvalue weighted by Gasteiger charge is 2.35. The van der Waals surface area contributed by atoms with E-state index in [1.54, 1.807) is 24.0 Å². The zero-order valence-corrected chi connectivity index (χ0v) is 23.7. The van der Waals surface area contributed by atoms with Crippen molar-refractivity contribution in [2.75, 3.05) is 32.1 Å². The number of urea groups is 1. The summed E-state index contributed by atoms with van der Waals surface area (Å²) >= 11 is 5.92. The summed E-state index contributed by atoms with van der Waals surface area (Å²) in [6, 6.07) is 9.65. The van der Waals surface area contributed by atoms with Crippen LogP contribution in [0.5, 0.6) is 5.75 Å². The monoisotopic (exact) mass is 566 g/mol. The third-order valence-electron chi connectivity index (χ3n) is 6.30. The van der Waals surface area contributed by atoms with E-state index < -0.39 is 28.2 Å². The van der Waals surface area contributed by atoms with Crippen LogP contribution in [0.3, 0.4) is 0 Å². The molecule has 0 radical (unpaired) electrons. The Morgan fingerprint density at radius 2 is 1.87 bits per heavy atom. The molecule has 3 rings (SSSR count). The summed E-state index contributed by atoms with van der Waals surface area (Å²) in [4.78, 5) is 27.4. The van der Waals surface area contributed by atoms with E-state index >= 15 is 0 Å². The van der Waals surface area contributed by atoms with Crippen molar-refractivity contribution >= 4 is 39.2 Å². The van der Waals surface area contributed by atoms with Crippen molar-refractivity contribution in [3.05, 3.63) is 53.1 Å². The summed E-state index contributed by atoms with van der Waals surface area (Å²) in [6.45, 7) is 7.25. The van der Waals surface area contributed by atoms with Gasteiger partial charge in [-0.15, -0.1) is 0 Å². The highest BCUT2D eigenvalue weighted by molar-refractivity contribution is 7.89. The Bertz CT molecular complexity index is 1250. The number of anilines is 1. The number of fused-ring (bicyclic) bond motifs is 1. The highest BCUT2D eigenvalue weighted by atomic mass is 35.5. The van der Waals surface area contributed by atoms with E-state index in [1.165, 1.54) is 41.7 Å². The van der Waals surface area contributed by atoms with Gasteiger partial charge in [-0.05, 0) is 63.2 Å². The number of benzene rings is 2. The molecular weight excluding hydrogens is 532 g/mol. The molecular formula is C26H35ClN4O6S. The number of aliphatic hydroxyl groups is 1. The van der Waals surface area contributed by atoms with Gasteiger partial charge in [-0.25, -0.2) is 13.2 Å². The molecule has 0 aliphatic carbocycles. The van der Waals surface area contributed by atoms with Gasteiger partial charge < -0.3 is 25.4 Å². The SMILES string of the molecule is CC(C)NC(=O)Nc1ccc2c(c1)C(=O)N([C@H](C)CO)C[C@H](C)[C@H](CN(C)S(=O)(=O)c1ccc(Cl)cc1)O2. The smallest absolute Gasteiger partial charge is 0.319 e. The van der Waals surface area contributed by atoms with Crippen LogP contribution in [0, 0.1) is 5.92 Å². The minimum atomic E-state index is -3.83.